The number of carbonyl (C=O) groups is 1. The monoisotopic (exact) mass is 349 g/mol. The number of benzene rings is 2. The Labute approximate surface area is 153 Å². The van der Waals surface area contributed by atoms with E-state index in [0.29, 0.717) is 13.1 Å². The number of rotatable bonds is 7. The Morgan fingerprint density at radius 3 is 2.50 bits per heavy atom. The number of aromatic nitrogens is 1. The maximum Gasteiger partial charge on any atom is 0.315 e. The first-order valence-electron chi connectivity index (χ1n) is 8.57. The summed E-state index contributed by atoms with van der Waals surface area (Å²) in [5.41, 5.74) is 3.28. The fraction of sp³-hybridized carbons (Fsp3) is 0.190. The van der Waals surface area contributed by atoms with E-state index in [1.807, 2.05) is 60.8 Å². The summed E-state index contributed by atoms with van der Waals surface area (Å²) in [6, 6.07) is 21.7. The van der Waals surface area contributed by atoms with Gasteiger partial charge in [-0.1, -0.05) is 42.5 Å². The molecule has 0 aliphatic heterocycles. The molecular formula is C21H23N3O2. The fourth-order valence-corrected chi connectivity index (χ4v) is 2.74. The highest BCUT2D eigenvalue weighted by Gasteiger charge is 2.05. The number of nitrogens with one attached hydrogen (secondary N) is 2. The lowest BCUT2D eigenvalue weighted by molar-refractivity contribution is 0.240. The summed E-state index contributed by atoms with van der Waals surface area (Å²) in [7, 11) is 1.63. The topological polar surface area (TPSA) is 55.3 Å². The zero-order chi connectivity index (χ0) is 18.2. The van der Waals surface area contributed by atoms with Gasteiger partial charge in [0.1, 0.15) is 5.75 Å². The van der Waals surface area contributed by atoms with Crippen LogP contribution in [0.3, 0.4) is 0 Å². The molecule has 2 N–H and O–H groups in total. The van der Waals surface area contributed by atoms with Crippen molar-refractivity contribution in [2.45, 2.75) is 19.6 Å². The van der Waals surface area contributed by atoms with Gasteiger partial charge in [-0.25, -0.2) is 4.79 Å². The van der Waals surface area contributed by atoms with Gasteiger partial charge in [0.2, 0.25) is 0 Å². The molecular weight excluding hydrogens is 326 g/mol. The molecule has 0 radical (unpaired) electrons. The number of urea groups is 1. The highest BCUT2D eigenvalue weighted by molar-refractivity contribution is 5.73. The van der Waals surface area contributed by atoms with Crippen LogP contribution in [0.2, 0.25) is 0 Å². The van der Waals surface area contributed by atoms with E-state index in [0.717, 1.165) is 23.6 Å². The standard InChI is InChI=1S/C21H23N3O2/c1-26-20-11-5-9-18(13-20)14-22-21(25)23-15-19-10-6-12-24(19)16-17-7-3-2-4-8-17/h2-13H,14-16H2,1H3,(H2,22,23,25). The summed E-state index contributed by atoms with van der Waals surface area (Å²) in [5.74, 6) is 0.781. The second-order valence-electron chi connectivity index (χ2n) is 6.00. The van der Waals surface area contributed by atoms with Crippen molar-refractivity contribution in [1.82, 2.24) is 15.2 Å². The lowest BCUT2D eigenvalue weighted by atomic mass is 10.2. The number of hydrogen-bond donors (Lipinski definition) is 2. The average molecular weight is 349 g/mol. The summed E-state index contributed by atoms with van der Waals surface area (Å²) >= 11 is 0. The molecule has 0 saturated carbocycles. The molecule has 26 heavy (non-hydrogen) atoms. The Hall–Kier alpha value is -3.21. The van der Waals surface area contributed by atoms with Crippen LogP contribution < -0.4 is 15.4 Å². The van der Waals surface area contributed by atoms with E-state index in [4.69, 9.17) is 4.74 Å². The number of methoxy groups -OCH3 is 1. The number of nitrogens with zero attached hydrogens (tertiary/aromatic N) is 1. The van der Waals surface area contributed by atoms with Gasteiger partial charge in [-0.2, -0.15) is 0 Å². The summed E-state index contributed by atoms with van der Waals surface area (Å²) in [4.78, 5) is 12.1. The molecule has 1 aromatic heterocycles. The number of hydrogen-bond acceptors (Lipinski definition) is 2. The van der Waals surface area contributed by atoms with Gasteiger partial charge < -0.3 is 19.9 Å². The third-order valence-corrected chi connectivity index (χ3v) is 4.14. The van der Waals surface area contributed by atoms with Gasteiger partial charge in [0, 0.05) is 25.0 Å². The molecule has 0 saturated heterocycles. The molecule has 2 aromatic carbocycles. The maximum absolute atomic E-state index is 12.1. The van der Waals surface area contributed by atoms with Crippen LogP contribution in [0.25, 0.3) is 0 Å². The molecule has 0 bridgehead atoms. The number of ether oxygens (including phenoxy) is 1. The smallest absolute Gasteiger partial charge is 0.315 e. The predicted molar refractivity (Wildman–Crippen MR) is 102 cm³/mol. The van der Waals surface area contributed by atoms with Gasteiger partial charge in [0.25, 0.3) is 0 Å². The van der Waals surface area contributed by atoms with Crippen LogP contribution in [0.15, 0.2) is 72.9 Å². The quantitative estimate of drug-likeness (QED) is 0.685. The lowest BCUT2D eigenvalue weighted by Gasteiger charge is -2.12. The van der Waals surface area contributed by atoms with E-state index in [1.54, 1.807) is 7.11 Å². The first-order chi connectivity index (χ1) is 12.7. The van der Waals surface area contributed by atoms with Gasteiger partial charge in [0.15, 0.2) is 0 Å². The van der Waals surface area contributed by atoms with Crippen molar-refractivity contribution in [3.8, 4) is 5.75 Å². The number of amides is 2. The van der Waals surface area contributed by atoms with Crippen molar-refractivity contribution >= 4 is 6.03 Å². The van der Waals surface area contributed by atoms with Gasteiger partial charge >= 0.3 is 6.03 Å². The molecule has 0 fully saturated rings. The largest absolute Gasteiger partial charge is 0.497 e. The van der Waals surface area contributed by atoms with Crippen LogP contribution in [0.1, 0.15) is 16.8 Å². The van der Waals surface area contributed by atoms with Crippen molar-refractivity contribution in [2.24, 2.45) is 0 Å². The van der Waals surface area contributed by atoms with E-state index >= 15 is 0 Å². The third kappa shape index (κ3) is 4.89. The molecule has 5 heteroatoms. The highest BCUT2D eigenvalue weighted by atomic mass is 16.5. The van der Waals surface area contributed by atoms with Gasteiger partial charge in [-0.3, -0.25) is 0 Å². The van der Waals surface area contributed by atoms with E-state index in [-0.39, 0.29) is 6.03 Å². The van der Waals surface area contributed by atoms with Crippen LogP contribution in [0, 0.1) is 0 Å². The lowest BCUT2D eigenvalue weighted by Crippen LogP contribution is -2.35. The van der Waals surface area contributed by atoms with Gasteiger partial charge in [0.05, 0.1) is 13.7 Å². The van der Waals surface area contributed by atoms with Crippen LogP contribution in [0.5, 0.6) is 5.75 Å². The van der Waals surface area contributed by atoms with Crippen molar-refractivity contribution in [2.75, 3.05) is 7.11 Å². The van der Waals surface area contributed by atoms with E-state index in [1.165, 1.54) is 5.56 Å². The van der Waals surface area contributed by atoms with Crippen molar-refractivity contribution in [1.29, 1.82) is 0 Å². The molecule has 1 heterocycles. The summed E-state index contributed by atoms with van der Waals surface area (Å²) in [6.07, 6.45) is 2.03. The molecule has 0 atom stereocenters. The molecule has 0 unspecified atom stereocenters. The first-order valence-corrected chi connectivity index (χ1v) is 8.57. The van der Waals surface area contributed by atoms with E-state index in [2.05, 4.69) is 27.3 Å². The van der Waals surface area contributed by atoms with E-state index in [9.17, 15) is 4.79 Å². The molecule has 0 aliphatic rings. The molecule has 3 aromatic rings. The third-order valence-electron chi connectivity index (χ3n) is 4.14. The van der Waals surface area contributed by atoms with Crippen LogP contribution in [-0.2, 0) is 19.6 Å². The Bertz CT molecular complexity index is 843. The van der Waals surface area contributed by atoms with Crippen molar-refractivity contribution in [3.63, 3.8) is 0 Å². The minimum absolute atomic E-state index is 0.194. The fourth-order valence-electron chi connectivity index (χ4n) is 2.74. The summed E-state index contributed by atoms with van der Waals surface area (Å²) < 4.78 is 7.33. The molecule has 0 aliphatic carbocycles. The molecule has 134 valence electrons. The SMILES string of the molecule is COc1cccc(CNC(=O)NCc2cccn2Cc2ccccc2)c1. The Morgan fingerprint density at radius 2 is 1.69 bits per heavy atom. The van der Waals surface area contributed by atoms with Crippen molar-refractivity contribution < 1.29 is 9.53 Å². The molecule has 3 rings (SSSR count). The average Bonchev–Trinajstić information content (AvgIpc) is 3.12. The highest BCUT2D eigenvalue weighted by Crippen LogP contribution is 2.12. The first kappa shape index (κ1) is 17.6. The zero-order valence-corrected chi connectivity index (χ0v) is 14.8. The normalized spacial score (nSPS) is 10.3. The zero-order valence-electron chi connectivity index (χ0n) is 14.8. The van der Waals surface area contributed by atoms with Gasteiger partial charge in [-0.05, 0) is 35.4 Å². The van der Waals surface area contributed by atoms with Crippen LogP contribution in [-0.4, -0.2) is 17.7 Å². The minimum atomic E-state index is -0.194. The van der Waals surface area contributed by atoms with Gasteiger partial charge in [-0.15, -0.1) is 0 Å². The van der Waals surface area contributed by atoms with Crippen molar-refractivity contribution in [3.05, 3.63) is 89.7 Å². The second kappa shape index (κ2) is 8.76. The molecule has 0 spiro atoms. The van der Waals surface area contributed by atoms with E-state index < -0.39 is 0 Å². The van der Waals surface area contributed by atoms with Crippen LogP contribution >= 0.6 is 0 Å². The second-order valence-corrected chi connectivity index (χ2v) is 6.00. The Kier molecular flexibility index (Phi) is 5.93. The van der Waals surface area contributed by atoms with Crippen LogP contribution in [0.4, 0.5) is 4.79 Å². The number of carbonyl (C=O) groups excluding carboxylic acids is 1. The Balaban J connectivity index is 1.49. The summed E-state index contributed by atoms with van der Waals surface area (Å²) in [5, 5.41) is 5.77. The molecule has 2 amide bonds. The predicted octanol–water partition coefficient (Wildman–Crippen LogP) is 3.54. The maximum atomic E-state index is 12.1. The molecule has 5 nitrogen and oxygen atoms in total. The Morgan fingerprint density at radius 1 is 0.923 bits per heavy atom. The minimum Gasteiger partial charge on any atom is -0.497 e. The summed E-state index contributed by atoms with van der Waals surface area (Å²) in [6.45, 7) is 1.72.